The van der Waals surface area contributed by atoms with E-state index in [1.807, 2.05) is 43.3 Å². The molecule has 0 saturated carbocycles. The van der Waals surface area contributed by atoms with Crippen LogP contribution in [-0.4, -0.2) is 66.9 Å². The summed E-state index contributed by atoms with van der Waals surface area (Å²) in [4.78, 5) is 43.3. The molecule has 9 heteroatoms. The number of nitrogens with one attached hydrogen (secondary N) is 2. The van der Waals surface area contributed by atoms with Crippen molar-refractivity contribution in [3.63, 3.8) is 0 Å². The number of aryl methyl sites for hydroxylation is 1. The molecule has 1 saturated heterocycles. The van der Waals surface area contributed by atoms with Crippen molar-refractivity contribution in [3.05, 3.63) is 102 Å². The maximum Gasteiger partial charge on any atom is 0.321 e. The van der Waals surface area contributed by atoms with E-state index < -0.39 is 17.6 Å². The molecular weight excluding hydrogens is 497 g/mol. The molecule has 8 nitrogen and oxygen atoms in total. The van der Waals surface area contributed by atoms with Gasteiger partial charge in [0.25, 0.3) is 5.91 Å². The van der Waals surface area contributed by atoms with Crippen LogP contribution in [0.5, 0.6) is 0 Å². The van der Waals surface area contributed by atoms with Gasteiger partial charge in [-0.3, -0.25) is 9.59 Å². The van der Waals surface area contributed by atoms with Gasteiger partial charge in [-0.25, -0.2) is 9.18 Å². The molecule has 3 aromatic rings. The number of halogens is 1. The normalized spacial score (nSPS) is 13.0. The van der Waals surface area contributed by atoms with Crippen molar-refractivity contribution in [2.45, 2.75) is 6.92 Å². The number of carbonyl (C=O) groups excluding carboxylic acids is 3. The summed E-state index contributed by atoms with van der Waals surface area (Å²) in [7, 11) is 0. The fraction of sp³-hybridized carbons (Fsp3) is 0.233. The number of piperazine rings is 1. The van der Waals surface area contributed by atoms with Crippen LogP contribution in [-0.2, 0) is 4.79 Å². The molecule has 1 aliphatic heterocycles. The smallest absolute Gasteiger partial charge is 0.321 e. The van der Waals surface area contributed by atoms with Crippen molar-refractivity contribution in [2.24, 2.45) is 0 Å². The number of anilines is 3. The van der Waals surface area contributed by atoms with Crippen LogP contribution in [0.2, 0.25) is 0 Å². The lowest BCUT2D eigenvalue weighted by molar-refractivity contribution is -0.116. The zero-order valence-corrected chi connectivity index (χ0v) is 21.9. The SMILES string of the molecule is C=CCN(CC(=O)Nc1ccc(N2CCN(C(=O)Nc3cccc(C)c3)CC2)cc1)C(=O)c1ccccc1F. The second-order valence-electron chi connectivity index (χ2n) is 9.32. The third-order valence-corrected chi connectivity index (χ3v) is 6.43. The Labute approximate surface area is 227 Å². The third kappa shape index (κ3) is 7.22. The first kappa shape index (κ1) is 27.4. The van der Waals surface area contributed by atoms with Gasteiger partial charge in [-0.2, -0.15) is 0 Å². The fourth-order valence-corrected chi connectivity index (χ4v) is 4.40. The predicted molar refractivity (Wildman–Crippen MR) is 152 cm³/mol. The van der Waals surface area contributed by atoms with Gasteiger partial charge in [0, 0.05) is 49.8 Å². The monoisotopic (exact) mass is 529 g/mol. The lowest BCUT2D eigenvalue weighted by Crippen LogP contribution is -2.50. The van der Waals surface area contributed by atoms with Crippen molar-refractivity contribution in [1.29, 1.82) is 0 Å². The molecule has 1 fully saturated rings. The summed E-state index contributed by atoms with van der Waals surface area (Å²) in [5.74, 6) is -1.62. The summed E-state index contributed by atoms with van der Waals surface area (Å²) in [5.41, 5.74) is 3.34. The van der Waals surface area contributed by atoms with E-state index >= 15 is 0 Å². The molecule has 0 radical (unpaired) electrons. The minimum absolute atomic E-state index is 0.0933. The fourth-order valence-electron chi connectivity index (χ4n) is 4.40. The number of nitrogens with zero attached hydrogens (tertiary/aromatic N) is 3. The minimum Gasteiger partial charge on any atom is -0.368 e. The molecule has 4 rings (SSSR count). The van der Waals surface area contributed by atoms with Gasteiger partial charge in [0.1, 0.15) is 12.4 Å². The van der Waals surface area contributed by atoms with Crippen molar-refractivity contribution in [3.8, 4) is 0 Å². The van der Waals surface area contributed by atoms with E-state index in [4.69, 9.17) is 0 Å². The molecule has 0 bridgehead atoms. The maximum atomic E-state index is 14.1. The van der Waals surface area contributed by atoms with Gasteiger partial charge in [0.05, 0.1) is 5.56 Å². The van der Waals surface area contributed by atoms with Gasteiger partial charge < -0.3 is 25.3 Å². The Balaban J connectivity index is 1.28. The van der Waals surface area contributed by atoms with E-state index in [-0.39, 0.29) is 24.7 Å². The van der Waals surface area contributed by atoms with Crippen LogP contribution >= 0.6 is 0 Å². The van der Waals surface area contributed by atoms with Crippen molar-refractivity contribution in [2.75, 3.05) is 54.8 Å². The second kappa shape index (κ2) is 12.7. The first-order valence-corrected chi connectivity index (χ1v) is 12.8. The summed E-state index contributed by atoms with van der Waals surface area (Å²) in [6.07, 6.45) is 1.49. The number of rotatable bonds is 8. The highest BCUT2D eigenvalue weighted by atomic mass is 19.1. The van der Waals surface area contributed by atoms with Crippen LogP contribution in [0, 0.1) is 12.7 Å². The molecule has 0 aromatic heterocycles. The molecule has 202 valence electrons. The van der Waals surface area contributed by atoms with Gasteiger partial charge in [-0.05, 0) is 61.0 Å². The van der Waals surface area contributed by atoms with E-state index in [0.29, 0.717) is 31.9 Å². The van der Waals surface area contributed by atoms with Crippen LogP contribution in [0.25, 0.3) is 0 Å². The summed E-state index contributed by atoms with van der Waals surface area (Å²) < 4.78 is 14.1. The average molecular weight is 530 g/mol. The second-order valence-corrected chi connectivity index (χ2v) is 9.32. The van der Waals surface area contributed by atoms with Crippen LogP contribution in [0.1, 0.15) is 15.9 Å². The summed E-state index contributed by atoms with van der Waals surface area (Å²) >= 11 is 0. The molecule has 0 unspecified atom stereocenters. The van der Waals surface area contributed by atoms with Crippen molar-refractivity contribution < 1.29 is 18.8 Å². The Morgan fingerprint density at radius 1 is 0.923 bits per heavy atom. The molecule has 2 N–H and O–H groups in total. The number of benzene rings is 3. The van der Waals surface area contributed by atoms with E-state index in [0.717, 1.165) is 16.9 Å². The lowest BCUT2D eigenvalue weighted by Gasteiger charge is -2.36. The van der Waals surface area contributed by atoms with E-state index in [2.05, 4.69) is 22.1 Å². The van der Waals surface area contributed by atoms with Crippen molar-refractivity contribution >= 4 is 34.9 Å². The predicted octanol–water partition coefficient (Wildman–Crippen LogP) is 4.76. The summed E-state index contributed by atoms with van der Waals surface area (Å²) in [5, 5.41) is 5.74. The molecule has 0 spiro atoms. The van der Waals surface area contributed by atoms with Crippen LogP contribution in [0.15, 0.2) is 85.5 Å². The van der Waals surface area contributed by atoms with Crippen LogP contribution in [0.4, 0.5) is 26.2 Å². The molecule has 0 aliphatic carbocycles. The highest BCUT2D eigenvalue weighted by Gasteiger charge is 2.22. The standard InChI is InChI=1S/C30H32FN5O3/c1-3-15-36(29(38)26-9-4-5-10-27(26)31)21-28(37)32-23-11-13-25(14-12-23)34-16-18-35(19-17-34)30(39)33-24-8-6-7-22(2)20-24/h3-14,20H,1,15-19,21H2,2H3,(H,32,37)(H,33,39). The quantitative estimate of drug-likeness (QED) is 0.413. The molecule has 1 aliphatic rings. The Morgan fingerprint density at radius 2 is 1.64 bits per heavy atom. The van der Waals surface area contributed by atoms with Gasteiger partial charge in [0.2, 0.25) is 5.91 Å². The lowest BCUT2D eigenvalue weighted by atomic mass is 10.2. The topological polar surface area (TPSA) is 85.0 Å². The van der Waals surface area contributed by atoms with E-state index in [1.165, 1.54) is 29.2 Å². The Kier molecular flexibility index (Phi) is 8.94. The van der Waals surface area contributed by atoms with E-state index in [1.54, 1.807) is 23.1 Å². The zero-order chi connectivity index (χ0) is 27.8. The van der Waals surface area contributed by atoms with E-state index in [9.17, 15) is 18.8 Å². The van der Waals surface area contributed by atoms with Crippen LogP contribution in [0.3, 0.4) is 0 Å². The largest absolute Gasteiger partial charge is 0.368 e. The molecular formula is C30H32FN5O3. The minimum atomic E-state index is -0.639. The molecule has 3 aromatic carbocycles. The Hall–Kier alpha value is -4.66. The number of urea groups is 1. The Morgan fingerprint density at radius 3 is 2.31 bits per heavy atom. The zero-order valence-electron chi connectivity index (χ0n) is 21.9. The number of amides is 4. The van der Waals surface area contributed by atoms with Crippen LogP contribution < -0.4 is 15.5 Å². The van der Waals surface area contributed by atoms with Gasteiger partial charge in [-0.1, -0.05) is 30.3 Å². The molecule has 1 heterocycles. The van der Waals surface area contributed by atoms with Gasteiger partial charge in [-0.15, -0.1) is 6.58 Å². The first-order valence-electron chi connectivity index (χ1n) is 12.8. The third-order valence-electron chi connectivity index (χ3n) is 6.43. The Bertz CT molecular complexity index is 1340. The molecule has 0 atom stereocenters. The number of carbonyl (C=O) groups is 3. The van der Waals surface area contributed by atoms with Gasteiger partial charge in [0.15, 0.2) is 0 Å². The highest BCUT2D eigenvalue weighted by molar-refractivity contribution is 5.99. The van der Waals surface area contributed by atoms with Crippen molar-refractivity contribution in [1.82, 2.24) is 9.80 Å². The van der Waals surface area contributed by atoms with Gasteiger partial charge >= 0.3 is 6.03 Å². The number of hydrogen-bond acceptors (Lipinski definition) is 4. The molecule has 39 heavy (non-hydrogen) atoms. The first-order chi connectivity index (χ1) is 18.8. The highest BCUT2D eigenvalue weighted by Crippen LogP contribution is 2.20. The number of hydrogen-bond donors (Lipinski definition) is 2. The summed E-state index contributed by atoms with van der Waals surface area (Å²) in [6.45, 7) is 8.02. The summed E-state index contributed by atoms with van der Waals surface area (Å²) in [6, 6.07) is 20.7. The average Bonchev–Trinajstić information content (AvgIpc) is 2.93. The molecule has 4 amide bonds. The maximum absolute atomic E-state index is 14.1.